The Labute approximate surface area is 159 Å². The zero-order valence-corrected chi connectivity index (χ0v) is 15.2. The molecule has 0 aliphatic carbocycles. The maximum atomic E-state index is 13.2. The van der Waals surface area contributed by atoms with Crippen LogP contribution in [0.1, 0.15) is 11.1 Å². The molecule has 1 aromatic carbocycles. The summed E-state index contributed by atoms with van der Waals surface area (Å²) in [5, 5.41) is 6.94. The molecule has 0 saturated carbocycles. The number of pyridine rings is 1. The Hall–Kier alpha value is -2.94. The van der Waals surface area contributed by atoms with Crippen LogP contribution >= 0.6 is 0 Å². The van der Waals surface area contributed by atoms with Crippen LogP contribution in [-0.4, -0.2) is 46.0 Å². The molecule has 28 heavy (non-hydrogen) atoms. The van der Waals surface area contributed by atoms with Gasteiger partial charge in [-0.25, -0.2) is 4.98 Å². The van der Waals surface area contributed by atoms with E-state index in [9.17, 15) is 13.2 Å². The van der Waals surface area contributed by atoms with E-state index in [-0.39, 0.29) is 18.2 Å². The lowest BCUT2D eigenvalue weighted by Crippen LogP contribution is -2.52. The summed E-state index contributed by atoms with van der Waals surface area (Å²) in [5.74, 6) is 0.862. The van der Waals surface area contributed by atoms with Gasteiger partial charge in [-0.05, 0) is 30.8 Å². The molecule has 0 atom stereocenters. The Morgan fingerprint density at radius 3 is 2.64 bits per heavy atom. The number of halogens is 3. The number of nitrogens with zero attached hydrogens (tertiary/aromatic N) is 4. The third-order valence-electron chi connectivity index (χ3n) is 4.64. The Kier molecular flexibility index (Phi) is 4.76. The number of benzene rings is 1. The first kappa shape index (κ1) is 18.4. The van der Waals surface area contributed by atoms with Gasteiger partial charge >= 0.3 is 6.18 Å². The number of nitrogens with one attached hydrogen (secondary N) is 2. The second kappa shape index (κ2) is 7.23. The lowest BCUT2D eigenvalue weighted by atomic mass is 10.1. The van der Waals surface area contributed by atoms with Gasteiger partial charge in [-0.1, -0.05) is 18.2 Å². The second-order valence-corrected chi connectivity index (χ2v) is 6.84. The SMILES string of the molecule is CN1CC(Nc2nc(NCc3ccccc3C(F)(F)F)c3cccnc3n2)C1. The lowest BCUT2D eigenvalue weighted by Gasteiger charge is -2.36. The lowest BCUT2D eigenvalue weighted by molar-refractivity contribution is -0.138. The molecule has 0 amide bonds. The Balaban J connectivity index is 1.61. The average Bonchev–Trinajstić information content (AvgIpc) is 2.64. The van der Waals surface area contributed by atoms with E-state index in [1.807, 2.05) is 7.05 Å². The van der Waals surface area contributed by atoms with Crippen LogP contribution in [0.25, 0.3) is 11.0 Å². The monoisotopic (exact) mass is 388 g/mol. The van der Waals surface area contributed by atoms with Crippen molar-refractivity contribution in [2.75, 3.05) is 30.8 Å². The molecule has 9 heteroatoms. The smallest absolute Gasteiger partial charge is 0.365 e. The number of likely N-dealkylation sites (N-methyl/N-ethyl adjacent to an activating group) is 1. The number of likely N-dealkylation sites (tertiary alicyclic amines) is 1. The fourth-order valence-corrected chi connectivity index (χ4v) is 3.26. The molecule has 1 aliphatic heterocycles. The first-order chi connectivity index (χ1) is 13.4. The molecule has 2 aromatic heterocycles. The van der Waals surface area contributed by atoms with E-state index >= 15 is 0 Å². The Morgan fingerprint density at radius 2 is 1.89 bits per heavy atom. The molecule has 3 heterocycles. The van der Waals surface area contributed by atoms with Crippen molar-refractivity contribution >= 4 is 22.8 Å². The van der Waals surface area contributed by atoms with Crippen molar-refractivity contribution in [1.82, 2.24) is 19.9 Å². The normalized spacial score (nSPS) is 15.4. The summed E-state index contributed by atoms with van der Waals surface area (Å²) in [7, 11) is 2.02. The zero-order chi connectivity index (χ0) is 19.7. The molecular formula is C19H19F3N6. The van der Waals surface area contributed by atoms with Crippen LogP contribution in [0.4, 0.5) is 24.9 Å². The molecule has 1 saturated heterocycles. The number of hydrogen-bond acceptors (Lipinski definition) is 6. The average molecular weight is 388 g/mol. The van der Waals surface area contributed by atoms with Crippen molar-refractivity contribution in [3.63, 3.8) is 0 Å². The van der Waals surface area contributed by atoms with E-state index in [1.165, 1.54) is 12.1 Å². The van der Waals surface area contributed by atoms with E-state index < -0.39 is 11.7 Å². The van der Waals surface area contributed by atoms with Gasteiger partial charge in [0.15, 0.2) is 5.65 Å². The molecular weight excluding hydrogens is 369 g/mol. The molecule has 3 aromatic rings. The van der Waals surface area contributed by atoms with Gasteiger partial charge in [0.1, 0.15) is 5.82 Å². The van der Waals surface area contributed by atoms with E-state index in [1.54, 1.807) is 24.4 Å². The van der Waals surface area contributed by atoms with Crippen LogP contribution < -0.4 is 10.6 Å². The van der Waals surface area contributed by atoms with E-state index in [4.69, 9.17) is 0 Å². The van der Waals surface area contributed by atoms with Crippen LogP contribution in [0.5, 0.6) is 0 Å². The first-order valence-corrected chi connectivity index (χ1v) is 8.87. The van der Waals surface area contributed by atoms with Crippen molar-refractivity contribution in [1.29, 1.82) is 0 Å². The highest BCUT2D eigenvalue weighted by molar-refractivity contribution is 5.87. The van der Waals surface area contributed by atoms with Crippen LogP contribution in [0.15, 0.2) is 42.6 Å². The van der Waals surface area contributed by atoms with Crippen LogP contribution in [0, 0.1) is 0 Å². The third kappa shape index (κ3) is 3.84. The van der Waals surface area contributed by atoms with Crippen LogP contribution in [0.2, 0.25) is 0 Å². The maximum Gasteiger partial charge on any atom is 0.416 e. The largest absolute Gasteiger partial charge is 0.416 e. The standard InChI is InChI=1S/C19H19F3N6/c1-28-10-13(11-28)25-18-26-16-14(6-4-8-23-16)17(27-18)24-9-12-5-2-3-7-15(12)19(20,21)22/h2-8,13H,9-11H2,1H3,(H2,23,24,25,26,27). The van der Waals surface area contributed by atoms with Crippen LogP contribution in [0.3, 0.4) is 0 Å². The molecule has 0 spiro atoms. The van der Waals surface area contributed by atoms with E-state index in [0.29, 0.717) is 22.8 Å². The highest BCUT2D eigenvalue weighted by Crippen LogP contribution is 2.32. The summed E-state index contributed by atoms with van der Waals surface area (Å²) < 4.78 is 39.7. The minimum atomic E-state index is -4.41. The Morgan fingerprint density at radius 1 is 1.11 bits per heavy atom. The van der Waals surface area contributed by atoms with Crippen molar-refractivity contribution in [3.05, 3.63) is 53.7 Å². The predicted octanol–water partition coefficient (Wildman–Crippen LogP) is 3.38. The highest BCUT2D eigenvalue weighted by atomic mass is 19.4. The molecule has 4 rings (SSSR count). The summed E-state index contributed by atoms with van der Waals surface area (Å²) in [6.45, 7) is 1.75. The second-order valence-electron chi connectivity index (χ2n) is 6.84. The van der Waals surface area contributed by atoms with Crippen LogP contribution in [-0.2, 0) is 12.7 Å². The Bertz CT molecular complexity index is 985. The summed E-state index contributed by atoms with van der Waals surface area (Å²) in [6, 6.07) is 9.29. The van der Waals surface area contributed by atoms with Gasteiger partial charge in [-0.2, -0.15) is 23.1 Å². The number of aromatic nitrogens is 3. The van der Waals surface area contributed by atoms with Crippen molar-refractivity contribution in [2.45, 2.75) is 18.8 Å². The fourth-order valence-electron chi connectivity index (χ4n) is 3.26. The van der Waals surface area contributed by atoms with Crippen molar-refractivity contribution < 1.29 is 13.2 Å². The van der Waals surface area contributed by atoms with E-state index in [0.717, 1.165) is 19.2 Å². The maximum absolute atomic E-state index is 13.2. The number of fused-ring (bicyclic) bond motifs is 1. The van der Waals surface area contributed by atoms with Crippen molar-refractivity contribution in [2.24, 2.45) is 0 Å². The third-order valence-corrected chi connectivity index (χ3v) is 4.64. The minimum Gasteiger partial charge on any atom is -0.365 e. The summed E-state index contributed by atoms with van der Waals surface area (Å²) in [4.78, 5) is 15.3. The molecule has 0 bridgehead atoms. The van der Waals surface area contributed by atoms with Crippen molar-refractivity contribution in [3.8, 4) is 0 Å². The molecule has 0 radical (unpaired) electrons. The fraction of sp³-hybridized carbons (Fsp3) is 0.316. The summed E-state index contributed by atoms with van der Waals surface area (Å²) >= 11 is 0. The van der Waals surface area contributed by atoms with Gasteiger partial charge < -0.3 is 15.5 Å². The number of alkyl halides is 3. The number of rotatable bonds is 5. The number of hydrogen-bond donors (Lipinski definition) is 2. The molecule has 1 aliphatic rings. The molecule has 146 valence electrons. The topological polar surface area (TPSA) is 66.0 Å². The number of anilines is 2. The van der Waals surface area contributed by atoms with Gasteiger partial charge in [0.2, 0.25) is 5.95 Å². The molecule has 1 fully saturated rings. The quantitative estimate of drug-likeness (QED) is 0.699. The summed E-state index contributed by atoms with van der Waals surface area (Å²) in [5.41, 5.74) is -0.0186. The van der Waals surface area contributed by atoms with Gasteiger partial charge in [-0.15, -0.1) is 0 Å². The summed E-state index contributed by atoms with van der Waals surface area (Å²) in [6.07, 6.45) is -2.78. The predicted molar refractivity (Wildman–Crippen MR) is 101 cm³/mol. The zero-order valence-electron chi connectivity index (χ0n) is 15.2. The minimum absolute atomic E-state index is 0.0116. The molecule has 0 unspecified atom stereocenters. The first-order valence-electron chi connectivity index (χ1n) is 8.87. The van der Waals surface area contributed by atoms with Gasteiger partial charge in [0.05, 0.1) is 17.0 Å². The molecule has 6 nitrogen and oxygen atoms in total. The molecule has 2 N–H and O–H groups in total. The highest BCUT2D eigenvalue weighted by Gasteiger charge is 2.32. The van der Waals surface area contributed by atoms with Gasteiger partial charge in [0.25, 0.3) is 0 Å². The van der Waals surface area contributed by atoms with Gasteiger partial charge in [-0.3, -0.25) is 0 Å². The van der Waals surface area contributed by atoms with E-state index in [2.05, 4.69) is 30.5 Å². The van der Waals surface area contributed by atoms with Gasteiger partial charge in [0, 0.05) is 25.8 Å².